The van der Waals surface area contributed by atoms with Crippen molar-refractivity contribution in [3.63, 3.8) is 0 Å². The van der Waals surface area contributed by atoms with Gasteiger partial charge in [-0.25, -0.2) is 4.98 Å². The molecule has 0 unspecified atom stereocenters. The van der Waals surface area contributed by atoms with Gasteiger partial charge >= 0.3 is 0 Å². The zero-order valence-corrected chi connectivity index (χ0v) is 12.1. The Morgan fingerprint density at radius 1 is 1.40 bits per heavy atom. The Morgan fingerprint density at radius 3 is 2.55 bits per heavy atom. The zero-order chi connectivity index (χ0) is 14.8. The highest BCUT2D eigenvalue weighted by molar-refractivity contribution is 5.91. The van der Waals surface area contributed by atoms with Crippen LogP contribution in [0.1, 0.15) is 50.9 Å². The predicted octanol–water partition coefficient (Wildman–Crippen LogP) is 1.06. The van der Waals surface area contributed by atoms with Gasteiger partial charge in [-0.3, -0.25) is 9.59 Å². The number of aromatic nitrogens is 2. The van der Waals surface area contributed by atoms with Crippen LogP contribution in [0.3, 0.4) is 0 Å². The van der Waals surface area contributed by atoms with Crippen LogP contribution in [0.25, 0.3) is 0 Å². The van der Waals surface area contributed by atoms with Gasteiger partial charge in [0.2, 0.25) is 11.8 Å². The van der Waals surface area contributed by atoms with E-state index < -0.39 is 17.5 Å². The summed E-state index contributed by atoms with van der Waals surface area (Å²) >= 11 is 0. The number of imidazole rings is 1. The second kappa shape index (κ2) is 5.64. The van der Waals surface area contributed by atoms with E-state index in [2.05, 4.69) is 10.3 Å². The Kier molecular flexibility index (Phi) is 4.11. The van der Waals surface area contributed by atoms with Gasteiger partial charge < -0.3 is 15.6 Å². The Balaban J connectivity index is 2.13. The van der Waals surface area contributed by atoms with Crippen molar-refractivity contribution in [1.29, 1.82) is 0 Å². The first-order valence-corrected chi connectivity index (χ1v) is 7.08. The molecule has 6 heteroatoms. The number of rotatable bonds is 4. The van der Waals surface area contributed by atoms with Crippen molar-refractivity contribution in [2.24, 2.45) is 5.73 Å². The number of nitrogens with two attached hydrogens (primary N) is 1. The third-order valence-electron chi connectivity index (χ3n) is 4.20. The molecule has 0 saturated heterocycles. The van der Waals surface area contributed by atoms with E-state index in [0.717, 1.165) is 25.1 Å². The highest BCUT2D eigenvalue weighted by atomic mass is 16.2. The van der Waals surface area contributed by atoms with Crippen LogP contribution in [0.4, 0.5) is 0 Å². The summed E-state index contributed by atoms with van der Waals surface area (Å²) in [6.07, 6.45) is 7.60. The third-order valence-corrected chi connectivity index (χ3v) is 4.20. The summed E-state index contributed by atoms with van der Waals surface area (Å²) in [5, 5.41) is 2.88. The van der Waals surface area contributed by atoms with Crippen LogP contribution in [0.2, 0.25) is 0 Å². The quantitative estimate of drug-likeness (QED) is 0.862. The van der Waals surface area contributed by atoms with Crippen molar-refractivity contribution in [2.45, 2.75) is 57.5 Å². The molecule has 6 nitrogen and oxygen atoms in total. The number of nitrogens with zero attached hydrogens (tertiary/aromatic N) is 2. The highest BCUT2D eigenvalue weighted by Gasteiger charge is 2.40. The number of carbonyl (C=O) groups excluding carboxylic acids is 2. The van der Waals surface area contributed by atoms with E-state index in [4.69, 9.17) is 5.73 Å². The first-order chi connectivity index (χ1) is 9.46. The van der Waals surface area contributed by atoms with Crippen LogP contribution >= 0.6 is 0 Å². The molecule has 0 aliphatic heterocycles. The molecule has 1 aromatic rings. The fourth-order valence-corrected chi connectivity index (χ4v) is 2.85. The summed E-state index contributed by atoms with van der Waals surface area (Å²) in [7, 11) is 0. The third kappa shape index (κ3) is 2.69. The van der Waals surface area contributed by atoms with E-state index in [1.165, 1.54) is 0 Å². The lowest BCUT2D eigenvalue weighted by atomic mass is 9.81. The molecule has 2 rings (SSSR count). The Bertz CT molecular complexity index is 503. The molecule has 0 radical (unpaired) electrons. The van der Waals surface area contributed by atoms with Crippen LogP contribution in [0, 0.1) is 6.92 Å². The molecule has 2 amide bonds. The molecule has 1 aliphatic carbocycles. The maximum Gasteiger partial charge on any atom is 0.243 e. The van der Waals surface area contributed by atoms with Crippen molar-refractivity contribution in [1.82, 2.24) is 14.9 Å². The van der Waals surface area contributed by atoms with E-state index in [1.807, 2.05) is 6.92 Å². The Morgan fingerprint density at radius 2 is 2.05 bits per heavy atom. The maximum absolute atomic E-state index is 12.4. The minimum absolute atomic E-state index is 0.188. The second-order valence-corrected chi connectivity index (χ2v) is 5.55. The van der Waals surface area contributed by atoms with Gasteiger partial charge in [0.05, 0.1) is 0 Å². The van der Waals surface area contributed by atoms with Gasteiger partial charge in [0, 0.05) is 12.4 Å². The molecular weight excluding hydrogens is 256 g/mol. The van der Waals surface area contributed by atoms with E-state index >= 15 is 0 Å². The Labute approximate surface area is 118 Å². The fraction of sp³-hybridized carbons (Fsp3) is 0.643. The fourth-order valence-electron chi connectivity index (χ4n) is 2.85. The minimum atomic E-state index is -0.877. The molecule has 1 aliphatic rings. The normalized spacial score (nSPS) is 19.3. The number of carbonyl (C=O) groups is 2. The van der Waals surface area contributed by atoms with Crippen LogP contribution < -0.4 is 11.1 Å². The van der Waals surface area contributed by atoms with Crippen LogP contribution in [0.15, 0.2) is 12.4 Å². The van der Waals surface area contributed by atoms with Gasteiger partial charge in [-0.2, -0.15) is 0 Å². The molecule has 1 aromatic heterocycles. The first-order valence-electron chi connectivity index (χ1n) is 7.08. The van der Waals surface area contributed by atoms with Crippen LogP contribution in [-0.4, -0.2) is 26.9 Å². The molecule has 1 fully saturated rings. The highest BCUT2D eigenvalue weighted by Crippen LogP contribution is 2.28. The van der Waals surface area contributed by atoms with Gasteiger partial charge in [0.1, 0.15) is 17.4 Å². The molecule has 3 N–H and O–H groups in total. The topological polar surface area (TPSA) is 90.0 Å². The lowest BCUT2D eigenvalue weighted by Crippen LogP contribution is -2.59. The molecule has 1 saturated carbocycles. The van der Waals surface area contributed by atoms with Crippen molar-refractivity contribution < 1.29 is 9.59 Å². The average molecular weight is 278 g/mol. The van der Waals surface area contributed by atoms with Gasteiger partial charge in [-0.05, 0) is 26.7 Å². The number of amides is 2. The lowest BCUT2D eigenvalue weighted by molar-refractivity contribution is -0.134. The van der Waals surface area contributed by atoms with Gasteiger partial charge in [-0.15, -0.1) is 0 Å². The van der Waals surface area contributed by atoms with Crippen molar-refractivity contribution >= 4 is 11.8 Å². The average Bonchev–Trinajstić information content (AvgIpc) is 2.85. The van der Waals surface area contributed by atoms with Crippen LogP contribution in [0.5, 0.6) is 0 Å². The molecule has 20 heavy (non-hydrogen) atoms. The molecule has 1 atom stereocenters. The van der Waals surface area contributed by atoms with Crippen LogP contribution in [-0.2, 0) is 9.59 Å². The Hall–Kier alpha value is -1.85. The number of hydrogen-bond donors (Lipinski definition) is 2. The summed E-state index contributed by atoms with van der Waals surface area (Å²) in [6, 6.07) is -0.407. The molecule has 0 bridgehead atoms. The van der Waals surface area contributed by atoms with Gasteiger partial charge in [0.15, 0.2) is 0 Å². The minimum Gasteiger partial charge on any atom is -0.368 e. The summed E-state index contributed by atoms with van der Waals surface area (Å²) in [5.41, 5.74) is 4.65. The number of nitrogens with one attached hydrogen (secondary N) is 1. The van der Waals surface area contributed by atoms with E-state index in [9.17, 15) is 9.59 Å². The summed E-state index contributed by atoms with van der Waals surface area (Å²) in [4.78, 5) is 28.3. The molecule has 0 aromatic carbocycles. The summed E-state index contributed by atoms with van der Waals surface area (Å²) < 4.78 is 1.78. The second-order valence-electron chi connectivity index (χ2n) is 5.55. The SMILES string of the molecule is Cc1nccn1[C@@H](C)C(=O)NC1(C(N)=O)CCCCC1. The predicted molar refractivity (Wildman–Crippen MR) is 74.8 cm³/mol. The monoisotopic (exact) mass is 278 g/mol. The number of primary amides is 1. The molecule has 110 valence electrons. The molecule has 0 spiro atoms. The van der Waals surface area contributed by atoms with Gasteiger partial charge in [0.25, 0.3) is 0 Å². The largest absolute Gasteiger partial charge is 0.368 e. The van der Waals surface area contributed by atoms with Crippen molar-refractivity contribution in [3.05, 3.63) is 18.2 Å². The van der Waals surface area contributed by atoms with Gasteiger partial charge in [-0.1, -0.05) is 19.3 Å². The van der Waals surface area contributed by atoms with Crippen molar-refractivity contribution in [2.75, 3.05) is 0 Å². The maximum atomic E-state index is 12.4. The molecular formula is C14H22N4O2. The number of hydrogen-bond acceptors (Lipinski definition) is 3. The van der Waals surface area contributed by atoms with Crippen molar-refractivity contribution in [3.8, 4) is 0 Å². The summed E-state index contributed by atoms with van der Waals surface area (Å²) in [5.74, 6) is 0.149. The van der Waals surface area contributed by atoms with E-state index in [-0.39, 0.29) is 5.91 Å². The standard InChI is InChI=1S/C14H22N4O2/c1-10(18-9-8-16-11(18)2)12(19)17-14(13(15)20)6-4-3-5-7-14/h8-10H,3-7H2,1-2H3,(H2,15,20)(H,17,19)/t10-/m0/s1. The van der Waals surface area contributed by atoms with E-state index in [1.54, 1.807) is 23.9 Å². The first kappa shape index (κ1) is 14.6. The molecule has 1 heterocycles. The van der Waals surface area contributed by atoms with E-state index in [0.29, 0.717) is 12.8 Å². The zero-order valence-electron chi connectivity index (χ0n) is 12.1. The smallest absolute Gasteiger partial charge is 0.243 e. The summed E-state index contributed by atoms with van der Waals surface area (Å²) in [6.45, 7) is 3.63. The number of aryl methyl sites for hydroxylation is 1. The lowest BCUT2D eigenvalue weighted by Gasteiger charge is -2.36.